The number of amides is 1. The maximum absolute atomic E-state index is 13.0. The molecule has 142 valence electrons. The first kappa shape index (κ1) is 19.1. The van der Waals surface area contributed by atoms with Crippen molar-refractivity contribution in [2.75, 3.05) is 6.54 Å². The second-order valence-corrected chi connectivity index (χ2v) is 7.06. The van der Waals surface area contributed by atoms with Crippen molar-refractivity contribution in [3.8, 4) is 0 Å². The molecule has 0 bridgehead atoms. The second-order valence-electron chi connectivity index (χ2n) is 7.06. The fourth-order valence-corrected chi connectivity index (χ4v) is 3.30. The summed E-state index contributed by atoms with van der Waals surface area (Å²) in [5.74, 6) is 0.00685. The van der Waals surface area contributed by atoms with Crippen LogP contribution < -0.4 is 0 Å². The van der Waals surface area contributed by atoms with Gasteiger partial charge < -0.3 is 14.6 Å². The quantitative estimate of drug-likeness (QED) is 0.658. The standard InChI is InChI=1S/C22H27N3O2/c1-16(2)27-17(3)22(26)25(15-18-7-6-11-23-13-18)12-10-19-14-24-21-9-5-4-8-20(19)21/h4-9,11,13-14,16-17,24H,10,12,15H2,1-3H3/t17-/m1/s1. The van der Waals surface area contributed by atoms with Crippen LogP contribution in [0.3, 0.4) is 0 Å². The lowest BCUT2D eigenvalue weighted by Gasteiger charge is -2.27. The minimum atomic E-state index is -0.468. The highest BCUT2D eigenvalue weighted by molar-refractivity contribution is 5.83. The van der Waals surface area contributed by atoms with Gasteiger partial charge in [0.2, 0.25) is 0 Å². The average Bonchev–Trinajstić information content (AvgIpc) is 3.08. The summed E-state index contributed by atoms with van der Waals surface area (Å²) < 4.78 is 5.72. The zero-order valence-electron chi connectivity index (χ0n) is 16.2. The van der Waals surface area contributed by atoms with Crippen molar-refractivity contribution in [2.24, 2.45) is 0 Å². The monoisotopic (exact) mass is 365 g/mol. The first-order valence-corrected chi connectivity index (χ1v) is 9.42. The number of aromatic amines is 1. The second kappa shape index (κ2) is 8.82. The number of nitrogens with one attached hydrogen (secondary N) is 1. The zero-order valence-corrected chi connectivity index (χ0v) is 16.2. The van der Waals surface area contributed by atoms with Gasteiger partial charge in [0.25, 0.3) is 5.91 Å². The summed E-state index contributed by atoms with van der Waals surface area (Å²) in [6.45, 7) is 6.87. The summed E-state index contributed by atoms with van der Waals surface area (Å²) in [4.78, 5) is 22.3. The predicted molar refractivity (Wildman–Crippen MR) is 107 cm³/mol. The molecule has 3 rings (SSSR count). The summed E-state index contributed by atoms with van der Waals surface area (Å²) in [6.07, 6.45) is 5.91. The molecule has 0 aliphatic carbocycles. The number of aromatic nitrogens is 2. The van der Waals surface area contributed by atoms with Gasteiger partial charge in [0.05, 0.1) is 6.10 Å². The van der Waals surface area contributed by atoms with Gasteiger partial charge in [-0.05, 0) is 50.5 Å². The largest absolute Gasteiger partial charge is 0.366 e. The van der Waals surface area contributed by atoms with Gasteiger partial charge in [-0.3, -0.25) is 9.78 Å². The normalized spacial score (nSPS) is 12.4. The number of carbonyl (C=O) groups excluding carboxylic acids is 1. The van der Waals surface area contributed by atoms with Gasteiger partial charge in [-0.15, -0.1) is 0 Å². The number of pyridine rings is 1. The summed E-state index contributed by atoms with van der Waals surface area (Å²) in [7, 11) is 0. The number of carbonyl (C=O) groups is 1. The number of benzene rings is 1. The van der Waals surface area contributed by atoms with Crippen LogP contribution in [0, 0.1) is 0 Å². The van der Waals surface area contributed by atoms with Crippen molar-refractivity contribution in [1.29, 1.82) is 0 Å². The van der Waals surface area contributed by atoms with Crippen LogP contribution in [0.4, 0.5) is 0 Å². The molecule has 0 unspecified atom stereocenters. The molecule has 0 saturated heterocycles. The molecule has 0 aliphatic rings. The SMILES string of the molecule is CC(C)O[C@H](C)C(=O)N(CCc1c[nH]c2ccccc12)Cc1cccnc1. The first-order valence-electron chi connectivity index (χ1n) is 9.42. The molecule has 27 heavy (non-hydrogen) atoms. The number of ether oxygens (including phenoxy) is 1. The Hall–Kier alpha value is -2.66. The van der Waals surface area contributed by atoms with Crippen LogP contribution in [0.1, 0.15) is 31.9 Å². The molecular weight excluding hydrogens is 338 g/mol. The van der Waals surface area contributed by atoms with Gasteiger partial charge in [-0.25, -0.2) is 0 Å². The first-order chi connectivity index (χ1) is 13.0. The van der Waals surface area contributed by atoms with E-state index in [1.54, 1.807) is 12.4 Å². The highest BCUT2D eigenvalue weighted by atomic mass is 16.5. The van der Waals surface area contributed by atoms with E-state index in [2.05, 4.69) is 22.1 Å². The maximum Gasteiger partial charge on any atom is 0.251 e. The minimum absolute atomic E-state index is 0.00685. The van der Waals surface area contributed by atoms with Crippen molar-refractivity contribution in [1.82, 2.24) is 14.9 Å². The number of para-hydroxylation sites is 1. The molecule has 1 N–H and O–H groups in total. The molecule has 3 aromatic rings. The number of hydrogen-bond donors (Lipinski definition) is 1. The van der Waals surface area contributed by atoms with Crippen molar-refractivity contribution < 1.29 is 9.53 Å². The third kappa shape index (κ3) is 4.95. The van der Waals surface area contributed by atoms with E-state index in [0.29, 0.717) is 13.1 Å². The lowest BCUT2D eigenvalue weighted by Crippen LogP contribution is -2.40. The fraction of sp³-hybridized carbons (Fsp3) is 0.364. The molecule has 1 amide bonds. The average molecular weight is 365 g/mol. The van der Waals surface area contributed by atoms with Gasteiger partial charge in [-0.1, -0.05) is 24.3 Å². The summed E-state index contributed by atoms with van der Waals surface area (Å²) in [5.41, 5.74) is 3.35. The third-order valence-corrected chi connectivity index (χ3v) is 4.56. The van der Waals surface area contributed by atoms with Crippen molar-refractivity contribution in [3.05, 3.63) is 66.1 Å². The van der Waals surface area contributed by atoms with Crippen LogP contribution in [0.25, 0.3) is 10.9 Å². The van der Waals surface area contributed by atoms with E-state index < -0.39 is 6.10 Å². The van der Waals surface area contributed by atoms with E-state index >= 15 is 0 Å². The van der Waals surface area contributed by atoms with Crippen LogP contribution in [-0.4, -0.2) is 39.5 Å². The molecule has 0 saturated carbocycles. The third-order valence-electron chi connectivity index (χ3n) is 4.56. The smallest absolute Gasteiger partial charge is 0.251 e. The predicted octanol–water partition coefficient (Wildman–Crippen LogP) is 3.95. The number of H-pyrrole nitrogens is 1. The number of fused-ring (bicyclic) bond motifs is 1. The molecule has 0 radical (unpaired) electrons. The number of rotatable bonds is 8. The van der Waals surface area contributed by atoms with Gasteiger partial charge in [0, 0.05) is 42.6 Å². The maximum atomic E-state index is 13.0. The highest BCUT2D eigenvalue weighted by Gasteiger charge is 2.22. The van der Waals surface area contributed by atoms with E-state index in [0.717, 1.165) is 17.5 Å². The van der Waals surface area contributed by atoms with Crippen LogP contribution in [0.15, 0.2) is 55.0 Å². The molecule has 2 aromatic heterocycles. The van der Waals surface area contributed by atoms with Crippen LogP contribution in [-0.2, 0) is 22.5 Å². The summed E-state index contributed by atoms with van der Waals surface area (Å²) in [6, 6.07) is 12.1. The van der Waals surface area contributed by atoms with Crippen molar-refractivity contribution in [3.63, 3.8) is 0 Å². The highest BCUT2D eigenvalue weighted by Crippen LogP contribution is 2.19. The molecule has 0 spiro atoms. The van der Waals surface area contributed by atoms with Gasteiger partial charge in [-0.2, -0.15) is 0 Å². The Morgan fingerprint density at radius 2 is 2.00 bits per heavy atom. The zero-order chi connectivity index (χ0) is 19.2. The lowest BCUT2D eigenvalue weighted by molar-refractivity contribution is -0.145. The number of hydrogen-bond acceptors (Lipinski definition) is 3. The molecule has 1 atom stereocenters. The molecule has 1 aromatic carbocycles. The van der Waals surface area contributed by atoms with Gasteiger partial charge in [0.1, 0.15) is 6.10 Å². The van der Waals surface area contributed by atoms with Gasteiger partial charge in [0.15, 0.2) is 0 Å². The Kier molecular flexibility index (Phi) is 6.24. The van der Waals surface area contributed by atoms with E-state index in [-0.39, 0.29) is 12.0 Å². The summed E-state index contributed by atoms with van der Waals surface area (Å²) in [5, 5.41) is 1.21. The molecule has 0 fully saturated rings. The topological polar surface area (TPSA) is 58.2 Å². The lowest BCUT2D eigenvalue weighted by atomic mass is 10.1. The minimum Gasteiger partial charge on any atom is -0.366 e. The summed E-state index contributed by atoms with van der Waals surface area (Å²) >= 11 is 0. The Bertz CT molecular complexity index is 873. The van der Waals surface area contributed by atoms with Crippen LogP contribution in [0.2, 0.25) is 0 Å². The van der Waals surface area contributed by atoms with Crippen LogP contribution >= 0.6 is 0 Å². The Morgan fingerprint density at radius 1 is 1.19 bits per heavy atom. The molecule has 2 heterocycles. The van der Waals surface area contributed by atoms with E-state index in [1.807, 2.05) is 56.1 Å². The molecule has 5 heteroatoms. The Balaban J connectivity index is 1.75. The van der Waals surface area contributed by atoms with E-state index in [1.165, 1.54) is 10.9 Å². The van der Waals surface area contributed by atoms with E-state index in [9.17, 15) is 4.79 Å². The number of nitrogens with zero attached hydrogens (tertiary/aromatic N) is 2. The van der Waals surface area contributed by atoms with Gasteiger partial charge >= 0.3 is 0 Å². The molecular formula is C22H27N3O2. The van der Waals surface area contributed by atoms with Crippen molar-refractivity contribution >= 4 is 16.8 Å². The van der Waals surface area contributed by atoms with Crippen molar-refractivity contribution in [2.45, 2.75) is 45.9 Å². The molecule has 0 aliphatic heterocycles. The Labute approximate surface area is 160 Å². The van der Waals surface area contributed by atoms with E-state index in [4.69, 9.17) is 4.74 Å². The fourth-order valence-electron chi connectivity index (χ4n) is 3.30. The van der Waals surface area contributed by atoms with Crippen LogP contribution in [0.5, 0.6) is 0 Å². The molecule has 5 nitrogen and oxygen atoms in total. The Morgan fingerprint density at radius 3 is 2.74 bits per heavy atom.